The SMILES string of the molecule is NCC1CCCC1NS(=O)(=O)c1ccc(C(F)(F)F)cc1. The van der Waals surface area contributed by atoms with Crippen molar-refractivity contribution in [3.8, 4) is 0 Å². The fraction of sp³-hybridized carbons (Fsp3) is 0.538. The fourth-order valence-electron chi connectivity index (χ4n) is 2.56. The second-order valence-electron chi connectivity index (χ2n) is 5.18. The molecule has 8 heteroatoms. The molecule has 1 aromatic carbocycles. The first-order valence-electron chi connectivity index (χ1n) is 6.63. The molecule has 1 aliphatic carbocycles. The molecule has 2 rings (SSSR count). The van der Waals surface area contributed by atoms with Crippen LogP contribution in [-0.2, 0) is 16.2 Å². The smallest absolute Gasteiger partial charge is 0.330 e. The minimum absolute atomic E-state index is 0.0780. The van der Waals surface area contributed by atoms with Crippen LogP contribution in [0.4, 0.5) is 13.2 Å². The zero-order valence-corrected chi connectivity index (χ0v) is 12.0. The highest BCUT2D eigenvalue weighted by atomic mass is 32.2. The van der Waals surface area contributed by atoms with E-state index in [1.54, 1.807) is 0 Å². The number of nitrogens with one attached hydrogen (secondary N) is 1. The lowest BCUT2D eigenvalue weighted by molar-refractivity contribution is -0.137. The van der Waals surface area contributed by atoms with Crippen LogP contribution in [0, 0.1) is 5.92 Å². The van der Waals surface area contributed by atoms with Crippen LogP contribution in [0.2, 0.25) is 0 Å². The third-order valence-corrected chi connectivity index (χ3v) is 5.27. The maximum Gasteiger partial charge on any atom is 0.416 e. The molecule has 1 aliphatic rings. The van der Waals surface area contributed by atoms with E-state index in [-0.39, 0.29) is 16.9 Å². The van der Waals surface area contributed by atoms with E-state index >= 15 is 0 Å². The lowest BCUT2D eigenvalue weighted by Gasteiger charge is -2.19. The van der Waals surface area contributed by atoms with Gasteiger partial charge in [-0.2, -0.15) is 13.2 Å². The summed E-state index contributed by atoms with van der Waals surface area (Å²) in [5, 5.41) is 0. The normalized spacial score (nSPS) is 23.4. The lowest BCUT2D eigenvalue weighted by Crippen LogP contribution is -2.39. The molecule has 1 aromatic rings. The van der Waals surface area contributed by atoms with Gasteiger partial charge in [0, 0.05) is 6.04 Å². The van der Waals surface area contributed by atoms with E-state index in [0.717, 1.165) is 37.1 Å². The predicted molar refractivity (Wildman–Crippen MR) is 71.9 cm³/mol. The third kappa shape index (κ3) is 3.75. The van der Waals surface area contributed by atoms with Gasteiger partial charge in [-0.3, -0.25) is 0 Å². The Morgan fingerprint density at radius 1 is 1.19 bits per heavy atom. The van der Waals surface area contributed by atoms with Crippen molar-refractivity contribution in [2.45, 2.75) is 36.4 Å². The molecular formula is C13H17F3N2O2S. The third-order valence-electron chi connectivity index (χ3n) is 3.76. The molecule has 1 saturated carbocycles. The van der Waals surface area contributed by atoms with Crippen LogP contribution in [0.5, 0.6) is 0 Å². The Morgan fingerprint density at radius 2 is 1.81 bits per heavy atom. The van der Waals surface area contributed by atoms with Crippen molar-refractivity contribution in [2.75, 3.05) is 6.54 Å². The molecule has 2 atom stereocenters. The van der Waals surface area contributed by atoms with E-state index in [1.807, 2.05) is 0 Å². The molecule has 0 saturated heterocycles. The second-order valence-corrected chi connectivity index (χ2v) is 6.89. The van der Waals surface area contributed by atoms with E-state index in [1.165, 1.54) is 0 Å². The quantitative estimate of drug-likeness (QED) is 0.892. The number of hydrogen-bond donors (Lipinski definition) is 2. The molecule has 3 N–H and O–H groups in total. The van der Waals surface area contributed by atoms with E-state index in [9.17, 15) is 21.6 Å². The molecular weight excluding hydrogens is 305 g/mol. The molecule has 0 aromatic heterocycles. The van der Waals surface area contributed by atoms with E-state index in [2.05, 4.69) is 4.72 Å². The largest absolute Gasteiger partial charge is 0.416 e. The topological polar surface area (TPSA) is 72.2 Å². The van der Waals surface area contributed by atoms with Gasteiger partial charge in [0.1, 0.15) is 0 Å². The van der Waals surface area contributed by atoms with Gasteiger partial charge in [-0.1, -0.05) is 6.42 Å². The van der Waals surface area contributed by atoms with Gasteiger partial charge < -0.3 is 5.73 Å². The Kier molecular flexibility index (Phi) is 4.60. The number of benzene rings is 1. The van der Waals surface area contributed by atoms with Crippen LogP contribution in [0.25, 0.3) is 0 Å². The average Bonchev–Trinajstić information content (AvgIpc) is 2.84. The lowest BCUT2D eigenvalue weighted by atomic mass is 10.1. The zero-order valence-electron chi connectivity index (χ0n) is 11.2. The number of nitrogens with two attached hydrogens (primary N) is 1. The number of sulfonamides is 1. The molecule has 0 aliphatic heterocycles. The van der Waals surface area contributed by atoms with E-state index < -0.39 is 21.8 Å². The van der Waals surface area contributed by atoms with Crippen LogP contribution in [0.3, 0.4) is 0 Å². The monoisotopic (exact) mass is 322 g/mol. The van der Waals surface area contributed by atoms with Gasteiger partial charge in [-0.05, 0) is 49.6 Å². The molecule has 0 amide bonds. The summed E-state index contributed by atoms with van der Waals surface area (Å²) in [4.78, 5) is -0.168. The Morgan fingerprint density at radius 3 is 2.33 bits per heavy atom. The molecule has 1 fully saturated rings. The minimum atomic E-state index is -4.48. The second kappa shape index (κ2) is 5.94. The van der Waals surface area contributed by atoms with E-state index in [0.29, 0.717) is 13.0 Å². The highest BCUT2D eigenvalue weighted by molar-refractivity contribution is 7.89. The first kappa shape index (κ1) is 16.3. The molecule has 0 bridgehead atoms. The van der Waals surface area contributed by atoms with Crippen molar-refractivity contribution in [3.05, 3.63) is 29.8 Å². The zero-order chi connectivity index (χ0) is 15.7. The number of hydrogen-bond acceptors (Lipinski definition) is 3. The van der Waals surface area contributed by atoms with Crippen molar-refractivity contribution in [1.29, 1.82) is 0 Å². The molecule has 4 nitrogen and oxygen atoms in total. The number of alkyl halides is 3. The van der Waals surface area contributed by atoms with Gasteiger partial charge in [0.2, 0.25) is 10.0 Å². The first-order chi connectivity index (χ1) is 9.74. The maximum atomic E-state index is 12.5. The van der Waals surface area contributed by atoms with Gasteiger partial charge in [-0.25, -0.2) is 13.1 Å². The summed E-state index contributed by atoms with van der Waals surface area (Å²) in [5.41, 5.74) is 4.72. The first-order valence-corrected chi connectivity index (χ1v) is 8.12. The molecule has 21 heavy (non-hydrogen) atoms. The summed E-state index contributed by atoms with van der Waals surface area (Å²) in [7, 11) is -3.82. The predicted octanol–water partition coefficient (Wildman–Crippen LogP) is 2.11. The van der Waals surface area contributed by atoms with Gasteiger partial charge >= 0.3 is 6.18 Å². The number of halogens is 3. The van der Waals surface area contributed by atoms with Crippen LogP contribution >= 0.6 is 0 Å². The van der Waals surface area contributed by atoms with Crippen LogP contribution in [0.1, 0.15) is 24.8 Å². The summed E-state index contributed by atoms with van der Waals surface area (Å²) in [5.74, 6) is 0.0780. The summed E-state index contributed by atoms with van der Waals surface area (Å²) in [6, 6.07) is 3.23. The summed E-state index contributed by atoms with van der Waals surface area (Å²) >= 11 is 0. The highest BCUT2D eigenvalue weighted by Gasteiger charge is 2.32. The van der Waals surface area contributed by atoms with Crippen molar-refractivity contribution >= 4 is 10.0 Å². The summed E-state index contributed by atoms with van der Waals surface area (Å²) in [6.07, 6.45) is -2.04. The van der Waals surface area contributed by atoms with Gasteiger partial charge in [-0.15, -0.1) is 0 Å². The minimum Gasteiger partial charge on any atom is -0.330 e. The van der Waals surface area contributed by atoms with E-state index in [4.69, 9.17) is 5.73 Å². The Labute approximate surface area is 121 Å². The maximum absolute atomic E-state index is 12.5. The van der Waals surface area contributed by atoms with Crippen molar-refractivity contribution in [2.24, 2.45) is 11.7 Å². The summed E-state index contributed by atoms with van der Waals surface area (Å²) in [6.45, 7) is 0.389. The molecule has 118 valence electrons. The van der Waals surface area contributed by atoms with Gasteiger partial charge in [0.05, 0.1) is 10.5 Å². The van der Waals surface area contributed by atoms with Gasteiger partial charge in [0.25, 0.3) is 0 Å². The Balaban J connectivity index is 2.16. The van der Waals surface area contributed by atoms with Crippen LogP contribution in [-0.4, -0.2) is 21.0 Å². The molecule has 0 radical (unpaired) electrons. The standard InChI is InChI=1S/C13H17F3N2O2S/c14-13(15,16)10-4-6-11(7-5-10)21(19,20)18-12-3-1-2-9(12)8-17/h4-7,9,12,18H,1-3,8,17H2. The van der Waals surface area contributed by atoms with Crippen LogP contribution < -0.4 is 10.5 Å². The highest BCUT2D eigenvalue weighted by Crippen LogP contribution is 2.30. The van der Waals surface area contributed by atoms with Crippen molar-refractivity contribution in [3.63, 3.8) is 0 Å². The Hall–Kier alpha value is -1.12. The van der Waals surface area contributed by atoms with Crippen molar-refractivity contribution in [1.82, 2.24) is 4.72 Å². The molecule has 0 heterocycles. The van der Waals surface area contributed by atoms with Crippen molar-refractivity contribution < 1.29 is 21.6 Å². The summed E-state index contributed by atoms with van der Waals surface area (Å²) < 4.78 is 64.3. The Bertz CT molecular complexity index is 584. The number of rotatable bonds is 4. The molecule has 0 spiro atoms. The van der Waals surface area contributed by atoms with Crippen LogP contribution in [0.15, 0.2) is 29.2 Å². The molecule has 2 unspecified atom stereocenters. The average molecular weight is 322 g/mol. The fourth-order valence-corrected chi connectivity index (χ4v) is 3.90. The van der Waals surface area contributed by atoms with Gasteiger partial charge in [0.15, 0.2) is 0 Å².